The lowest BCUT2D eigenvalue weighted by Gasteiger charge is -2.22. The van der Waals surface area contributed by atoms with Crippen LogP contribution in [-0.2, 0) is 14.3 Å². The van der Waals surface area contributed by atoms with Gasteiger partial charge in [0.05, 0.1) is 25.4 Å². The van der Waals surface area contributed by atoms with E-state index in [-0.39, 0.29) is 18.5 Å². The number of esters is 1. The summed E-state index contributed by atoms with van der Waals surface area (Å²) < 4.78 is 5.47. The third-order valence-corrected chi connectivity index (χ3v) is 16.4. The second kappa shape index (κ2) is 67.6. The summed E-state index contributed by atoms with van der Waals surface area (Å²) in [5.74, 6) is -0.0318. The van der Waals surface area contributed by atoms with Gasteiger partial charge in [-0.25, -0.2) is 0 Å². The first-order valence-electron chi connectivity index (χ1n) is 35.2. The topological polar surface area (TPSA) is 95.9 Å². The first-order chi connectivity index (χ1) is 38.5. The number of ether oxygens (including phenoxy) is 1. The van der Waals surface area contributed by atoms with Crippen molar-refractivity contribution in [3.63, 3.8) is 0 Å². The fourth-order valence-electron chi connectivity index (χ4n) is 11.0. The van der Waals surface area contributed by atoms with E-state index < -0.39 is 12.1 Å². The summed E-state index contributed by atoms with van der Waals surface area (Å²) in [5.41, 5.74) is 0. The third-order valence-electron chi connectivity index (χ3n) is 16.4. The molecule has 0 spiro atoms. The molecule has 0 fully saturated rings. The van der Waals surface area contributed by atoms with Gasteiger partial charge in [0.2, 0.25) is 5.91 Å². The van der Waals surface area contributed by atoms with Gasteiger partial charge in [-0.2, -0.15) is 0 Å². The summed E-state index contributed by atoms with van der Waals surface area (Å²) in [6.45, 7) is 4.92. The molecule has 2 atom stereocenters. The van der Waals surface area contributed by atoms with Gasteiger partial charge < -0.3 is 20.3 Å². The van der Waals surface area contributed by atoms with Crippen LogP contribution < -0.4 is 5.32 Å². The van der Waals surface area contributed by atoms with Gasteiger partial charge in [0.25, 0.3) is 0 Å². The molecule has 0 bridgehead atoms. The average molecular weight is 1100 g/mol. The molecule has 0 radical (unpaired) electrons. The molecule has 0 saturated heterocycles. The van der Waals surface area contributed by atoms with E-state index in [0.717, 1.165) is 51.4 Å². The zero-order valence-corrected chi connectivity index (χ0v) is 52.7. The summed E-state index contributed by atoms with van der Waals surface area (Å²) in [6.07, 6.45) is 86.2. The molecule has 78 heavy (non-hydrogen) atoms. The highest BCUT2D eigenvalue weighted by Crippen LogP contribution is 2.19. The summed E-state index contributed by atoms with van der Waals surface area (Å²) in [7, 11) is 0. The van der Waals surface area contributed by atoms with Gasteiger partial charge in [-0.3, -0.25) is 9.59 Å². The highest BCUT2D eigenvalue weighted by Gasteiger charge is 2.20. The number of unbranched alkanes of at least 4 members (excludes halogenated alkanes) is 49. The van der Waals surface area contributed by atoms with Crippen molar-refractivity contribution in [2.45, 2.75) is 398 Å². The normalized spacial score (nSPS) is 12.7. The number of rotatable bonds is 66. The number of hydrogen-bond acceptors (Lipinski definition) is 5. The Kier molecular flexibility index (Phi) is 65.9. The summed E-state index contributed by atoms with van der Waals surface area (Å²) in [6, 6.07) is -0.543. The van der Waals surface area contributed by atoms with E-state index in [1.54, 1.807) is 0 Å². The largest absolute Gasteiger partial charge is 0.466 e. The van der Waals surface area contributed by atoms with E-state index in [1.807, 2.05) is 0 Å². The van der Waals surface area contributed by atoms with Crippen LogP contribution >= 0.6 is 0 Å². The molecule has 2 unspecified atom stereocenters. The van der Waals surface area contributed by atoms with Crippen LogP contribution in [0, 0.1) is 0 Å². The number of allylic oxidation sites excluding steroid dienone is 6. The summed E-state index contributed by atoms with van der Waals surface area (Å²) in [5, 5.41) is 23.4. The Morgan fingerprint density at radius 3 is 1.04 bits per heavy atom. The molecule has 6 nitrogen and oxygen atoms in total. The Morgan fingerprint density at radius 1 is 0.359 bits per heavy atom. The van der Waals surface area contributed by atoms with Gasteiger partial charge in [0, 0.05) is 12.8 Å². The molecular formula is C72H137NO5. The molecule has 460 valence electrons. The average Bonchev–Trinajstić information content (AvgIpc) is 3.44. The molecule has 1 amide bonds. The van der Waals surface area contributed by atoms with Gasteiger partial charge in [-0.15, -0.1) is 0 Å². The predicted octanol–water partition coefficient (Wildman–Crippen LogP) is 22.7. The number of aliphatic hydroxyl groups is 2. The monoisotopic (exact) mass is 1100 g/mol. The Balaban J connectivity index is 3.39. The van der Waals surface area contributed by atoms with Gasteiger partial charge in [-0.1, -0.05) is 333 Å². The van der Waals surface area contributed by atoms with Crippen LogP contribution in [0.15, 0.2) is 36.5 Å². The summed E-state index contributed by atoms with van der Waals surface area (Å²) in [4.78, 5) is 24.6. The Labute approximate surface area is 487 Å². The first-order valence-corrected chi connectivity index (χ1v) is 35.2. The number of hydrogen-bond donors (Lipinski definition) is 3. The fraction of sp³-hybridized carbons (Fsp3) is 0.889. The lowest BCUT2D eigenvalue weighted by molar-refractivity contribution is -0.143. The minimum atomic E-state index is -0.666. The molecule has 0 aliphatic carbocycles. The minimum absolute atomic E-state index is 0.000136. The second-order valence-electron chi connectivity index (χ2n) is 24.2. The molecule has 0 aromatic heterocycles. The smallest absolute Gasteiger partial charge is 0.305 e. The van der Waals surface area contributed by atoms with Crippen LogP contribution in [0.25, 0.3) is 0 Å². The maximum atomic E-state index is 12.5. The number of aliphatic hydroxyl groups excluding tert-OH is 2. The SMILES string of the molecule is CCC/C=C\C/C=C\CCCCCCCC(=O)OCCCCCCCCCCCCCC/C=C\CCCCCCCCCCCCCC(=O)NC(CO)C(O)CCCCCCCCCCCCCCCCCCCCCCC. The van der Waals surface area contributed by atoms with Crippen molar-refractivity contribution in [2.75, 3.05) is 13.2 Å². The molecule has 0 saturated carbocycles. The Bertz CT molecular complexity index is 1260. The molecular weight excluding hydrogens is 959 g/mol. The Hall–Kier alpha value is -1.92. The fourth-order valence-corrected chi connectivity index (χ4v) is 11.0. The van der Waals surface area contributed by atoms with Crippen LogP contribution in [0.1, 0.15) is 386 Å². The summed E-state index contributed by atoms with van der Waals surface area (Å²) >= 11 is 0. The van der Waals surface area contributed by atoms with Crippen molar-refractivity contribution in [1.29, 1.82) is 0 Å². The zero-order chi connectivity index (χ0) is 56.4. The lowest BCUT2D eigenvalue weighted by Crippen LogP contribution is -2.45. The van der Waals surface area contributed by atoms with Crippen LogP contribution in [-0.4, -0.2) is 47.4 Å². The predicted molar refractivity (Wildman–Crippen MR) is 343 cm³/mol. The number of carbonyl (C=O) groups is 2. The molecule has 0 aromatic rings. The molecule has 0 rings (SSSR count). The number of amides is 1. The molecule has 6 heteroatoms. The van der Waals surface area contributed by atoms with Crippen LogP contribution in [0.5, 0.6) is 0 Å². The number of carbonyl (C=O) groups excluding carboxylic acids is 2. The van der Waals surface area contributed by atoms with Gasteiger partial charge >= 0.3 is 5.97 Å². The van der Waals surface area contributed by atoms with Gasteiger partial charge in [0.1, 0.15) is 0 Å². The second-order valence-corrected chi connectivity index (χ2v) is 24.2. The molecule has 0 aliphatic heterocycles. The maximum absolute atomic E-state index is 12.5. The first kappa shape index (κ1) is 76.1. The Morgan fingerprint density at radius 2 is 0.667 bits per heavy atom. The van der Waals surface area contributed by atoms with Crippen LogP contribution in [0.4, 0.5) is 0 Å². The van der Waals surface area contributed by atoms with E-state index in [1.165, 1.54) is 302 Å². The van der Waals surface area contributed by atoms with Crippen LogP contribution in [0.2, 0.25) is 0 Å². The lowest BCUT2D eigenvalue weighted by atomic mass is 10.0. The van der Waals surface area contributed by atoms with Crippen molar-refractivity contribution >= 4 is 11.9 Å². The highest BCUT2D eigenvalue weighted by atomic mass is 16.5. The number of nitrogens with one attached hydrogen (secondary N) is 1. The van der Waals surface area contributed by atoms with Gasteiger partial charge in [0.15, 0.2) is 0 Å². The van der Waals surface area contributed by atoms with E-state index >= 15 is 0 Å². The highest BCUT2D eigenvalue weighted by molar-refractivity contribution is 5.76. The third kappa shape index (κ3) is 63.3. The van der Waals surface area contributed by atoms with Crippen molar-refractivity contribution < 1.29 is 24.5 Å². The standard InChI is InChI=1S/C72H137NO5/c1-3-5-7-9-11-13-15-17-18-19-20-28-31-34-37-41-44-48-52-56-60-64-70(75)69(68-74)73-71(76)65-61-57-53-49-45-42-38-35-32-29-26-24-22-21-23-25-27-30-33-36-39-43-47-51-55-59-63-67-78-72(77)66-62-58-54-50-46-40-16-14-12-10-8-6-4-2/h8,10,14,16,21-22,69-70,74-75H,3-7,9,11-13,15,17-20,23-68H2,1-2H3,(H,73,76)/b10-8-,16-14-,22-21-. The van der Waals surface area contributed by atoms with E-state index in [9.17, 15) is 19.8 Å². The maximum Gasteiger partial charge on any atom is 0.305 e. The van der Waals surface area contributed by atoms with Gasteiger partial charge in [-0.05, 0) is 77.0 Å². The molecule has 0 aliphatic rings. The van der Waals surface area contributed by atoms with Crippen molar-refractivity contribution in [3.8, 4) is 0 Å². The van der Waals surface area contributed by atoms with E-state index in [0.29, 0.717) is 25.9 Å². The van der Waals surface area contributed by atoms with Crippen LogP contribution in [0.3, 0.4) is 0 Å². The van der Waals surface area contributed by atoms with Crippen molar-refractivity contribution in [3.05, 3.63) is 36.5 Å². The zero-order valence-electron chi connectivity index (χ0n) is 52.7. The minimum Gasteiger partial charge on any atom is -0.466 e. The van der Waals surface area contributed by atoms with Crippen molar-refractivity contribution in [1.82, 2.24) is 5.32 Å². The van der Waals surface area contributed by atoms with Crippen molar-refractivity contribution in [2.24, 2.45) is 0 Å². The quantitative estimate of drug-likeness (QED) is 0.0320. The molecule has 3 N–H and O–H groups in total. The molecule has 0 heterocycles. The van der Waals surface area contributed by atoms with E-state index in [2.05, 4.69) is 55.6 Å². The van der Waals surface area contributed by atoms with E-state index in [4.69, 9.17) is 4.74 Å². The molecule has 0 aromatic carbocycles.